The quantitative estimate of drug-likeness (QED) is 0.649. The van der Waals surface area contributed by atoms with Crippen molar-refractivity contribution in [3.05, 3.63) is 71.0 Å². The van der Waals surface area contributed by atoms with Gasteiger partial charge in [0.2, 0.25) is 5.91 Å². The number of rotatable bonds is 4. The molecule has 1 unspecified atom stereocenters. The van der Waals surface area contributed by atoms with Gasteiger partial charge in [-0.15, -0.1) is 0 Å². The van der Waals surface area contributed by atoms with Gasteiger partial charge in [0, 0.05) is 31.4 Å². The minimum absolute atomic E-state index is 0.0382. The number of aromatic nitrogens is 1. The topological polar surface area (TPSA) is 74.3 Å². The number of anilines is 1. The lowest BCUT2D eigenvalue weighted by atomic mass is 9.99. The molecule has 0 saturated heterocycles. The number of nitrogens with one attached hydrogen (secondary N) is 2. The summed E-state index contributed by atoms with van der Waals surface area (Å²) >= 11 is 0. The molecule has 7 heteroatoms. The first kappa shape index (κ1) is 20.4. The molecule has 6 nitrogen and oxygen atoms in total. The van der Waals surface area contributed by atoms with E-state index in [0.717, 1.165) is 34.9 Å². The van der Waals surface area contributed by atoms with Gasteiger partial charge in [-0.05, 0) is 54.7 Å². The SMILES string of the molecule is CC(=O)N1CCC(Nc2cc(C(=O)NC3CC3)c3ccccc3n2)c2ccc(F)cc2C1. The van der Waals surface area contributed by atoms with E-state index >= 15 is 0 Å². The van der Waals surface area contributed by atoms with Gasteiger partial charge in [-0.25, -0.2) is 9.37 Å². The van der Waals surface area contributed by atoms with Gasteiger partial charge in [-0.3, -0.25) is 9.59 Å². The summed E-state index contributed by atoms with van der Waals surface area (Å²) < 4.78 is 14.0. The molecule has 3 aromatic rings. The van der Waals surface area contributed by atoms with E-state index in [1.54, 1.807) is 17.0 Å². The summed E-state index contributed by atoms with van der Waals surface area (Å²) in [5.41, 5.74) is 3.04. The molecule has 2 aromatic carbocycles. The third-order valence-electron chi connectivity index (χ3n) is 6.17. The van der Waals surface area contributed by atoms with Crippen molar-refractivity contribution in [2.24, 2.45) is 0 Å². The normalized spacial score (nSPS) is 18.1. The summed E-state index contributed by atoms with van der Waals surface area (Å²) in [6, 6.07) is 14.2. The number of amides is 2. The highest BCUT2D eigenvalue weighted by Crippen LogP contribution is 2.32. The van der Waals surface area contributed by atoms with Crippen molar-refractivity contribution in [3.8, 4) is 0 Å². The lowest BCUT2D eigenvalue weighted by molar-refractivity contribution is -0.129. The maximum absolute atomic E-state index is 14.0. The van der Waals surface area contributed by atoms with Crippen molar-refractivity contribution in [2.75, 3.05) is 11.9 Å². The van der Waals surface area contributed by atoms with Gasteiger partial charge in [0.1, 0.15) is 11.6 Å². The Morgan fingerprint density at radius 1 is 1.09 bits per heavy atom. The Morgan fingerprint density at radius 3 is 2.69 bits per heavy atom. The molecule has 1 aromatic heterocycles. The molecule has 2 aliphatic rings. The highest BCUT2D eigenvalue weighted by Gasteiger charge is 2.27. The Hall–Kier alpha value is -3.48. The zero-order valence-corrected chi connectivity index (χ0v) is 17.9. The first-order valence-corrected chi connectivity index (χ1v) is 11.0. The first-order chi connectivity index (χ1) is 15.5. The van der Waals surface area contributed by atoms with E-state index in [0.29, 0.717) is 30.9 Å². The highest BCUT2D eigenvalue weighted by atomic mass is 19.1. The second-order valence-electron chi connectivity index (χ2n) is 8.59. The van der Waals surface area contributed by atoms with Crippen LogP contribution in [0.4, 0.5) is 10.2 Å². The smallest absolute Gasteiger partial charge is 0.252 e. The number of halogens is 1. The van der Waals surface area contributed by atoms with Crippen LogP contribution < -0.4 is 10.6 Å². The molecular weight excluding hydrogens is 407 g/mol. The predicted octanol–water partition coefficient (Wildman–Crippen LogP) is 4.17. The van der Waals surface area contributed by atoms with Crippen LogP contribution in [0.5, 0.6) is 0 Å². The van der Waals surface area contributed by atoms with Gasteiger partial charge in [-0.1, -0.05) is 24.3 Å². The lowest BCUT2D eigenvalue weighted by Gasteiger charge is -2.21. The minimum atomic E-state index is -0.323. The number of pyridine rings is 1. The van der Waals surface area contributed by atoms with Crippen LogP contribution in [0.25, 0.3) is 10.9 Å². The third-order valence-corrected chi connectivity index (χ3v) is 6.17. The molecule has 32 heavy (non-hydrogen) atoms. The standard InChI is InChI=1S/C25H25FN4O2/c1-15(31)30-11-10-23(19-9-6-17(26)12-16(19)14-30)29-24-13-21(25(32)27-18-7-8-18)20-4-2-3-5-22(20)28-24/h2-6,9,12-13,18,23H,7-8,10-11,14H2,1H3,(H,27,32)(H,28,29). The average Bonchev–Trinajstić information content (AvgIpc) is 3.60. The highest BCUT2D eigenvalue weighted by molar-refractivity contribution is 6.07. The number of benzene rings is 2. The van der Waals surface area contributed by atoms with Crippen molar-refractivity contribution >= 4 is 28.5 Å². The van der Waals surface area contributed by atoms with E-state index in [4.69, 9.17) is 4.98 Å². The fraction of sp³-hybridized carbons (Fsp3) is 0.320. The lowest BCUT2D eigenvalue weighted by Crippen LogP contribution is -2.28. The first-order valence-electron chi connectivity index (χ1n) is 11.0. The molecule has 2 amide bonds. The number of carbonyl (C=O) groups excluding carboxylic acids is 2. The van der Waals surface area contributed by atoms with Crippen LogP contribution in [0, 0.1) is 5.82 Å². The average molecular weight is 432 g/mol. The van der Waals surface area contributed by atoms with Crippen molar-refractivity contribution in [3.63, 3.8) is 0 Å². The zero-order valence-electron chi connectivity index (χ0n) is 17.9. The largest absolute Gasteiger partial charge is 0.363 e. The molecule has 1 saturated carbocycles. The van der Waals surface area contributed by atoms with Crippen LogP contribution in [0.15, 0.2) is 48.5 Å². The third kappa shape index (κ3) is 4.15. The molecule has 1 fully saturated rings. The number of fused-ring (bicyclic) bond motifs is 2. The van der Waals surface area contributed by atoms with Crippen molar-refractivity contribution in [1.82, 2.24) is 15.2 Å². The molecule has 1 aliphatic heterocycles. The second kappa shape index (κ2) is 8.22. The Balaban J connectivity index is 1.51. The van der Waals surface area contributed by atoms with E-state index in [1.165, 1.54) is 19.1 Å². The molecule has 2 heterocycles. The Bertz CT molecular complexity index is 1210. The number of hydrogen-bond acceptors (Lipinski definition) is 4. The Labute approximate surface area is 185 Å². The molecule has 0 bridgehead atoms. The van der Waals surface area contributed by atoms with Crippen LogP contribution >= 0.6 is 0 Å². The van der Waals surface area contributed by atoms with Crippen LogP contribution in [0.2, 0.25) is 0 Å². The molecular formula is C25H25FN4O2. The fourth-order valence-corrected chi connectivity index (χ4v) is 4.30. The second-order valence-corrected chi connectivity index (χ2v) is 8.59. The summed E-state index contributed by atoms with van der Waals surface area (Å²) in [4.78, 5) is 31.4. The fourth-order valence-electron chi connectivity index (χ4n) is 4.30. The summed E-state index contributed by atoms with van der Waals surface area (Å²) in [7, 11) is 0. The van der Waals surface area contributed by atoms with E-state index in [-0.39, 0.29) is 29.7 Å². The molecule has 5 rings (SSSR count). The number of para-hydroxylation sites is 1. The monoisotopic (exact) mass is 432 g/mol. The number of carbonyl (C=O) groups is 2. The van der Waals surface area contributed by atoms with Crippen molar-refractivity contribution in [1.29, 1.82) is 0 Å². The molecule has 1 atom stereocenters. The number of nitrogens with zero attached hydrogens (tertiary/aromatic N) is 2. The molecule has 1 aliphatic carbocycles. The van der Waals surface area contributed by atoms with Crippen LogP contribution in [0.3, 0.4) is 0 Å². The molecule has 0 spiro atoms. The van der Waals surface area contributed by atoms with Gasteiger partial charge >= 0.3 is 0 Å². The van der Waals surface area contributed by atoms with Gasteiger partial charge in [-0.2, -0.15) is 0 Å². The summed E-state index contributed by atoms with van der Waals surface area (Å²) in [6.07, 6.45) is 2.68. The predicted molar refractivity (Wildman–Crippen MR) is 121 cm³/mol. The van der Waals surface area contributed by atoms with Gasteiger partial charge in [0.25, 0.3) is 5.91 Å². The summed E-state index contributed by atoms with van der Waals surface area (Å²) in [6.45, 7) is 2.45. The maximum atomic E-state index is 14.0. The van der Waals surface area contributed by atoms with Crippen molar-refractivity contribution in [2.45, 2.75) is 44.8 Å². The summed E-state index contributed by atoms with van der Waals surface area (Å²) in [5, 5.41) is 7.33. The zero-order chi connectivity index (χ0) is 22.2. The number of hydrogen-bond donors (Lipinski definition) is 2. The van der Waals surface area contributed by atoms with Gasteiger partial charge < -0.3 is 15.5 Å². The molecule has 0 radical (unpaired) electrons. The Morgan fingerprint density at radius 2 is 1.91 bits per heavy atom. The van der Waals surface area contributed by atoms with E-state index in [1.807, 2.05) is 24.3 Å². The van der Waals surface area contributed by atoms with Crippen molar-refractivity contribution < 1.29 is 14.0 Å². The molecule has 2 N–H and O–H groups in total. The van der Waals surface area contributed by atoms with E-state index < -0.39 is 0 Å². The van der Waals surface area contributed by atoms with Gasteiger partial charge in [0.15, 0.2) is 0 Å². The van der Waals surface area contributed by atoms with Crippen LogP contribution in [-0.2, 0) is 11.3 Å². The Kier molecular flexibility index (Phi) is 5.25. The van der Waals surface area contributed by atoms with Crippen LogP contribution in [0.1, 0.15) is 53.7 Å². The van der Waals surface area contributed by atoms with Gasteiger partial charge in [0.05, 0.1) is 17.1 Å². The maximum Gasteiger partial charge on any atom is 0.252 e. The van der Waals surface area contributed by atoms with Crippen LogP contribution in [-0.4, -0.2) is 34.3 Å². The molecule has 164 valence electrons. The minimum Gasteiger partial charge on any atom is -0.363 e. The van der Waals surface area contributed by atoms with E-state index in [2.05, 4.69) is 10.6 Å². The summed E-state index contributed by atoms with van der Waals surface area (Å²) in [5.74, 6) is 0.126. The van der Waals surface area contributed by atoms with E-state index in [9.17, 15) is 14.0 Å².